The number of halogens is 3. The minimum atomic E-state index is -4.49. The van der Waals surface area contributed by atoms with Crippen molar-refractivity contribution >= 4 is 11.7 Å². The lowest BCUT2D eigenvalue weighted by molar-refractivity contribution is -0.136. The smallest absolute Gasteiger partial charge is 0.319 e. The van der Waals surface area contributed by atoms with Crippen LogP contribution in [0.25, 0.3) is 0 Å². The second-order valence-corrected chi connectivity index (χ2v) is 5.28. The zero-order valence-electron chi connectivity index (χ0n) is 11.9. The molecule has 1 saturated heterocycles. The molecule has 1 fully saturated rings. The second kappa shape index (κ2) is 5.93. The minimum Gasteiger partial charge on any atom is -0.319 e. The number of piperazine rings is 1. The van der Waals surface area contributed by atoms with Gasteiger partial charge in [-0.2, -0.15) is 13.2 Å². The normalized spacial score (nSPS) is 23.0. The summed E-state index contributed by atoms with van der Waals surface area (Å²) in [6.45, 7) is 4.86. The van der Waals surface area contributed by atoms with Gasteiger partial charge < -0.3 is 15.5 Å². The first-order chi connectivity index (χ1) is 9.79. The predicted octanol–water partition coefficient (Wildman–Crippen LogP) is 2.92. The number of anilines is 1. The quantitative estimate of drug-likeness (QED) is 0.837. The van der Waals surface area contributed by atoms with Crippen LogP contribution in [0, 0.1) is 0 Å². The molecule has 21 heavy (non-hydrogen) atoms. The molecule has 1 aromatic carbocycles. The summed E-state index contributed by atoms with van der Waals surface area (Å²) >= 11 is 0. The third-order valence-corrected chi connectivity index (χ3v) is 3.50. The number of hydrogen-bond donors (Lipinski definition) is 2. The number of urea groups is 1. The third-order valence-electron chi connectivity index (χ3n) is 3.50. The lowest BCUT2D eigenvalue weighted by Gasteiger charge is -2.37. The van der Waals surface area contributed by atoms with Crippen molar-refractivity contribution in [2.75, 3.05) is 18.4 Å². The third kappa shape index (κ3) is 3.66. The summed E-state index contributed by atoms with van der Waals surface area (Å²) in [5, 5.41) is 5.59. The summed E-state index contributed by atoms with van der Waals surface area (Å²) in [5.41, 5.74) is -1.05. The van der Waals surface area contributed by atoms with Gasteiger partial charge in [-0.05, 0) is 26.0 Å². The van der Waals surface area contributed by atoms with E-state index < -0.39 is 17.8 Å². The first-order valence-electron chi connectivity index (χ1n) is 6.76. The summed E-state index contributed by atoms with van der Waals surface area (Å²) in [6.07, 6.45) is -4.49. The Hall–Kier alpha value is -1.76. The van der Waals surface area contributed by atoms with Crippen LogP contribution >= 0.6 is 0 Å². The van der Waals surface area contributed by atoms with Crippen LogP contribution in [0.1, 0.15) is 19.4 Å². The fourth-order valence-corrected chi connectivity index (χ4v) is 2.33. The molecule has 7 heteroatoms. The van der Waals surface area contributed by atoms with Crippen molar-refractivity contribution in [3.05, 3.63) is 29.8 Å². The van der Waals surface area contributed by atoms with Gasteiger partial charge in [-0.3, -0.25) is 0 Å². The molecule has 0 aromatic heterocycles. The summed E-state index contributed by atoms with van der Waals surface area (Å²) < 4.78 is 38.7. The molecule has 0 bridgehead atoms. The van der Waals surface area contributed by atoms with Crippen molar-refractivity contribution in [1.82, 2.24) is 10.2 Å². The molecular weight excluding hydrogens is 283 g/mol. The van der Waals surface area contributed by atoms with E-state index in [9.17, 15) is 18.0 Å². The van der Waals surface area contributed by atoms with E-state index in [0.29, 0.717) is 13.1 Å². The predicted molar refractivity (Wildman–Crippen MR) is 74.1 cm³/mol. The Kier molecular flexibility index (Phi) is 4.41. The Labute approximate surface area is 121 Å². The van der Waals surface area contributed by atoms with Crippen molar-refractivity contribution in [2.45, 2.75) is 32.1 Å². The molecule has 0 spiro atoms. The van der Waals surface area contributed by atoms with Gasteiger partial charge in [0, 0.05) is 25.2 Å². The number of benzene rings is 1. The molecule has 116 valence electrons. The van der Waals surface area contributed by atoms with Crippen molar-refractivity contribution in [1.29, 1.82) is 0 Å². The summed E-state index contributed by atoms with van der Waals surface area (Å²) in [4.78, 5) is 13.8. The van der Waals surface area contributed by atoms with E-state index in [2.05, 4.69) is 10.6 Å². The molecule has 0 aliphatic carbocycles. The van der Waals surface area contributed by atoms with E-state index in [-0.39, 0.29) is 17.8 Å². The molecule has 2 N–H and O–H groups in total. The number of alkyl halides is 3. The fraction of sp³-hybridized carbons (Fsp3) is 0.500. The van der Waals surface area contributed by atoms with E-state index in [4.69, 9.17) is 0 Å². The Morgan fingerprint density at radius 1 is 1.33 bits per heavy atom. The molecular formula is C14H18F3N3O. The maximum absolute atomic E-state index is 12.9. The molecule has 0 radical (unpaired) electrons. The fourth-order valence-electron chi connectivity index (χ4n) is 2.33. The average Bonchev–Trinajstić information content (AvgIpc) is 2.41. The van der Waals surface area contributed by atoms with Crippen molar-refractivity contribution < 1.29 is 18.0 Å². The maximum atomic E-state index is 12.9. The van der Waals surface area contributed by atoms with Crippen LogP contribution in [0.2, 0.25) is 0 Å². The molecule has 2 amide bonds. The Balaban J connectivity index is 2.16. The van der Waals surface area contributed by atoms with Gasteiger partial charge in [-0.15, -0.1) is 0 Å². The summed E-state index contributed by atoms with van der Waals surface area (Å²) in [6, 6.07) is 4.52. The molecule has 0 saturated carbocycles. The number of hydrogen-bond acceptors (Lipinski definition) is 2. The zero-order chi connectivity index (χ0) is 15.6. The van der Waals surface area contributed by atoms with Crippen LogP contribution in [-0.2, 0) is 6.18 Å². The minimum absolute atomic E-state index is 0.0701. The molecule has 1 heterocycles. The molecule has 1 aliphatic rings. The molecule has 2 rings (SSSR count). The lowest BCUT2D eigenvalue weighted by Crippen LogP contribution is -2.57. The van der Waals surface area contributed by atoms with Gasteiger partial charge in [0.05, 0.1) is 11.3 Å². The van der Waals surface area contributed by atoms with Gasteiger partial charge in [0.2, 0.25) is 0 Å². The van der Waals surface area contributed by atoms with E-state index in [0.717, 1.165) is 6.07 Å². The summed E-state index contributed by atoms with van der Waals surface area (Å²) in [7, 11) is 0. The number of carbonyl (C=O) groups is 1. The van der Waals surface area contributed by atoms with Crippen LogP contribution in [-0.4, -0.2) is 36.1 Å². The number of amides is 2. The van der Waals surface area contributed by atoms with Crippen LogP contribution in [0.4, 0.5) is 23.7 Å². The molecule has 1 aromatic rings. The number of carbonyl (C=O) groups excluding carboxylic acids is 1. The molecule has 2 atom stereocenters. The Morgan fingerprint density at radius 2 is 2.00 bits per heavy atom. The van der Waals surface area contributed by atoms with Gasteiger partial charge >= 0.3 is 12.2 Å². The van der Waals surface area contributed by atoms with Crippen LogP contribution in [0.15, 0.2) is 24.3 Å². The Bertz CT molecular complexity index is 518. The van der Waals surface area contributed by atoms with E-state index >= 15 is 0 Å². The van der Waals surface area contributed by atoms with Gasteiger partial charge in [0.15, 0.2) is 0 Å². The SMILES string of the molecule is CC1CN(C(=O)Nc2ccccc2C(F)(F)F)C(C)CN1. The van der Waals surface area contributed by atoms with Crippen molar-refractivity contribution in [2.24, 2.45) is 0 Å². The number of nitrogens with one attached hydrogen (secondary N) is 2. The summed E-state index contributed by atoms with van der Waals surface area (Å²) in [5.74, 6) is 0. The van der Waals surface area contributed by atoms with Gasteiger partial charge in [-0.1, -0.05) is 12.1 Å². The molecule has 2 unspecified atom stereocenters. The highest BCUT2D eigenvalue weighted by Gasteiger charge is 2.34. The topological polar surface area (TPSA) is 44.4 Å². The highest BCUT2D eigenvalue weighted by molar-refractivity contribution is 5.90. The number of para-hydroxylation sites is 1. The van der Waals surface area contributed by atoms with Crippen LogP contribution in [0.5, 0.6) is 0 Å². The largest absolute Gasteiger partial charge is 0.418 e. The standard InChI is InChI=1S/C14H18F3N3O/c1-9-8-20(10(2)7-18-9)13(21)19-12-6-4-3-5-11(12)14(15,16)17/h3-6,9-10,18H,7-8H2,1-2H3,(H,19,21). The second-order valence-electron chi connectivity index (χ2n) is 5.28. The van der Waals surface area contributed by atoms with Gasteiger partial charge in [-0.25, -0.2) is 4.79 Å². The van der Waals surface area contributed by atoms with E-state index in [1.54, 1.807) is 4.90 Å². The number of nitrogens with zero attached hydrogens (tertiary/aromatic N) is 1. The molecule has 1 aliphatic heterocycles. The van der Waals surface area contributed by atoms with Crippen LogP contribution < -0.4 is 10.6 Å². The number of rotatable bonds is 1. The highest BCUT2D eigenvalue weighted by Crippen LogP contribution is 2.34. The first kappa shape index (κ1) is 15.6. The van der Waals surface area contributed by atoms with Gasteiger partial charge in [0.1, 0.15) is 0 Å². The Morgan fingerprint density at radius 3 is 2.67 bits per heavy atom. The highest BCUT2D eigenvalue weighted by atomic mass is 19.4. The van der Waals surface area contributed by atoms with Crippen LogP contribution in [0.3, 0.4) is 0 Å². The van der Waals surface area contributed by atoms with Crippen molar-refractivity contribution in [3.8, 4) is 0 Å². The van der Waals surface area contributed by atoms with E-state index in [1.165, 1.54) is 18.2 Å². The van der Waals surface area contributed by atoms with Gasteiger partial charge in [0.25, 0.3) is 0 Å². The first-order valence-corrected chi connectivity index (χ1v) is 6.76. The molecule has 4 nitrogen and oxygen atoms in total. The average molecular weight is 301 g/mol. The lowest BCUT2D eigenvalue weighted by atomic mass is 10.1. The monoisotopic (exact) mass is 301 g/mol. The van der Waals surface area contributed by atoms with E-state index in [1.807, 2.05) is 13.8 Å². The maximum Gasteiger partial charge on any atom is 0.418 e. The zero-order valence-corrected chi connectivity index (χ0v) is 11.9. The van der Waals surface area contributed by atoms with Crippen molar-refractivity contribution in [3.63, 3.8) is 0 Å².